The number of nitrogens with two attached hydrogens (primary N) is 1. The van der Waals surface area contributed by atoms with Gasteiger partial charge in [0.25, 0.3) is 0 Å². The zero-order chi connectivity index (χ0) is 6.85. The molecule has 5 heteroatoms. The molecule has 0 aromatic heterocycles. The van der Waals surface area contributed by atoms with Crippen molar-refractivity contribution in [1.82, 2.24) is 10.0 Å². The zero-order valence-corrected chi connectivity index (χ0v) is 6.80. The van der Waals surface area contributed by atoms with E-state index in [1.54, 1.807) is 5.01 Å². The number of rotatable bonds is 1. The molecule has 2 N–H and O–H groups in total. The molecule has 0 fully saturated rings. The first-order valence-electron chi connectivity index (χ1n) is 2.75. The minimum atomic E-state index is 0.678. The molecule has 0 saturated carbocycles. The van der Waals surface area contributed by atoms with Crippen molar-refractivity contribution in [2.75, 3.05) is 13.2 Å². The summed E-state index contributed by atoms with van der Waals surface area (Å²) >= 11 is 3.19. The quantitative estimate of drug-likeness (QED) is 0.475. The molecule has 0 radical (unpaired) electrons. The maximum absolute atomic E-state index is 5.46. The molecule has 0 aliphatic carbocycles. The fourth-order valence-corrected chi connectivity index (χ4v) is 0.947. The molecule has 1 aliphatic rings. The molecule has 0 saturated heterocycles. The molecule has 0 aromatic carbocycles. The van der Waals surface area contributed by atoms with Gasteiger partial charge in [-0.3, -0.25) is 10.0 Å². The van der Waals surface area contributed by atoms with E-state index in [0.29, 0.717) is 11.4 Å². The topological polar surface area (TPSA) is 44.9 Å². The van der Waals surface area contributed by atoms with Gasteiger partial charge >= 0.3 is 0 Å². The van der Waals surface area contributed by atoms with Crippen molar-refractivity contribution >= 4 is 20.7 Å². The first-order chi connectivity index (χ1) is 4.24. The van der Waals surface area contributed by atoms with Gasteiger partial charge in [-0.05, 0) is 22.9 Å². The summed E-state index contributed by atoms with van der Waals surface area (Å²) in [7, 11) is 0. The molecular formula is C4H9BrN4. The van der Waals surface area contributed by atoms with Crippen LogP contribution in [0.15, 0.2) is 5.10 Å². The van der Waals surface area contributed by atoms with E-state index >= 15 is 0 Å². The van der Waals surface area contributed by atoms with Crippen LogP contribution >= 0.6 is 15.9 Å². The Balaban J connectivity index is 2.52. The van der Waals surface area contributed by atoms with Crippen molar-refractivity contribution in [1.29, 1.82) is 0 Å². The minimum absolute atomic E-state index is 0.678. The van der Waals surface area contributed by atoms with E-state index in [-0.39, 0.29) is 0 Å². The zero-order valence-electron chi connectivity index (χ0n) is 5.21. The first kappa shape index (κ1) is 6.82. The molecular weight excluding hydrogens is 184 g/mol. The molecule has 1 heterocycles. The van der Waals surface area contributed by atoms with Gasteiger partial charge in [-0.25, -0.2) is 5.84 Å². The molecule has 0 spiro atoms. The van der Waals surface area contributed by atoms with E-state index in [1.807, 2.05) is 11.9 Å². The summed E-state index contributed by atoms with van der Waals surface area (Å²) in [6.07, 6.45) is 0. The highest BCUT2D eigenvalue weighted by Gasteiger charge is 2.15. The van der Waals surface area contributed by atoms with Gasteiger partial charge in [0.15, 0.2) is 0 Å². The van der Waals surface area contributed by atoms with Crippen molar-refractivity contribution in [3.63, 3.8) is 0 Å². The number of nitrogens with zero attached hydrogens (tertiary/aromatic N) is 3. The molecule has 9 heavy (non-hydrogen) atoms. The summed E-state index contributed by atoms with van der Waals surface area (Å²) in [6, 6.07) is 0. The van der Waals surface area contributed by atoms with E-state index in [4.69, 9.17) is 5.84 Å². The predicted octanol–water partition coefficient (Wildman–Crippen LogP) is 0.121. The second-order valence-corrected chi connectivity index (χ2v) is 2.51. The Morgan fingerprint density at radius 1 is 1.89 bits per heavy atom. The van der Waals surface area contributed by atoms with Crippen LogP contribution in [0.1, 0.15) is 6.92 Å². The standard InChI is InChI=1S/C4H9BrN4/c1-2-8-3-9(6)4(5)7-8/h2-3,6H2,1H3. The van der Waals surface area contributed by atoms with Crippen molar-refractivity contribution in [2.24, 2.45) is 10.9 Å². The molecule has 0 amide bonds. The number of hydrazone groups is 1. The maximum atomic E-state index is 5.46. The SMILES string of the molecule is CCN1CN(N)C(Br)=N1. The van der Waals surface area contributed by atoms with E-state index in [0.717, 1.165) is 6.54 Å². The molecule has 4 nitrogen and oxygen atoms in total. The van der Waals surface area contributed by atoms with E-state index in [2.05, 4.69) is 21.0 Å². The second kappa shape index (κ2) is 2.53. The van der Waals surface area contributed by atoms with Crippen LogP contribution in [0.25, 0.3) is 0 Å². The number of hydrazine groups is 1. The highest BCUT2D eigenvalue weighted by Crippen LogP contribution is 2.06. The van der Waals surface area contributed by atoms with Crippen molar-refractivity contribution in [3.8, 4) is 0 Å². The smallest absolute Gasteiger partial charge is 0.207 e. The fraction of sp³-hybridized carbons (Fsp3) is 0.750. The number of halogens is 1. The first-order valence-corrected chi connectivity index (χ1v) is 3.54. The van der Waals surface area contributed by atoms with Crippen LogP contribution in [-0.2, 0) is 0 Å². The Morgan fingerprint density at radius 3 is 2.78 bits per heavy atom. The van der Waals surface area contributed by atoms with Gasteiger partial charge in [0, 0.05) is 6.54 Å². The maximum Gasteiger partial charge on any atom is 0.207 e. The summed E-state index contributed by atoms with van der Waals surface area (Å²) in [5.41, 5.74) is 0. The lowest BCUT2D eigenvalue weighted by atomic mass is 10.7. The lowest BCUT2D eigenvalue weighted by Crippen LogP contribution is -2.34. The highest BCUT2D eigenvalue weighted by atomic mass is 79.9. The lowest BCUT2D eigenvalue weighted by Gasteiger charge is -2.11. The Labute approximate surface area is 62.4 Å². The van der Waals surface area contributed by atoms with Crippen LogP contribution in [0.2, 0.25) is 0 Å². The largest absolute Gasteiger partial charge is 0.274 e. The summed E-state index contributed by atoms with van der Waals surface area (Å²) in [5, 5.41) is 7.47. The normalized spacial score (nSPS) is 18.8. The third-order valence-electron chi connectivity index (χ3n) is 1.14. The van der Waals surface area contributed by atoms with Gasteiger partial charge in [0.05, 0.1) is 0 Å². The third-order valence-corrected chi connectivity index (χ3v) is 1.76. The summed E-state index contributed by atoms with van der Waals surface area (Å²) in [6.45, 7) is 3.60. The van der Waals surface area contributed by atoms with Crippen molar-refractivity contribution in [3.05, 3.63) is 0 Å². The van der Waals surface area contributed by atoms with Gasteiger partial charge in [-0.2, -0.15) is 0 Å². The van der Waals surface area contributed by atoms with Crippen LogP contribution in [-0.4, -0.2) is 28.0 Å². The molecule has 52 valence electrons. The Hall–Kier alpha value is -0.290. The fourth-order valence-electron chi connectivity index (χ4n) is 0.611. The van der Waals surface area contributed by atoms with Crippen LogP contribution < -0.4 is 5.84 Å². The molecule has 0 aromatic rings. The van der Waals surface area contributed by atoms with Crippen molar-refractivity contribution in [2.45, 2.75) is 6.92 Å². The Morgan fingerprint density at radius 2 is 2.56 bits per heavy atom. The summed E-state index contributed by atoms with van der Waals surface area (Å²) in [5.74, 6) is 5.46. The van der Waals surface area contributed by atoms with Crippen LogP contribution in [0.5, 0.6) is 0 Å². The Bertz CT molecular complexity index is 135. The lowest BCUT2D eigenvalue weighted by molar-refractivity contribution is 0.248. The van der Waals surface area contributed by atoms with Crippen molar-refractivity contribution < 1.29 is 0 Å². The molecule has 0 atom stereocenters. The van der Waals surface area contributed by atoms with E-state index < -0.39 is 0 Å². The average Bonchev–Trinajstić information content (AvgIpc) is 2.13. The Kier molecular flexibility index (Phi) is 1.92. The van der Waals surface area contributed by atoms with E-state index in [1.165, 1.54) is 0 Å². The van der Waals surface area contributed by atoms with Gasteiger partial charge in [-0.1, -0.05) is 0 Å². The molecule has 0 unspecified atom stereocenters. The number of amidine groups is 1. The number of hydrogen-bond acceptors (Lipinski definition) is 4. The van der Waals surface area contributed by atoms with Gasteiger partial charge in [0.1, 0.15) is 6.67 Å². The van der Waals surface area contributed by atoms with Crippen LogP contribution in [0.4, 0.5) is 0 Å². The third kappa shape index (κ3) is 1.34. The summed E-state index contributed by atoms with van der Waals surface area (Å²) in [4.78, 5) is 0. The molecule has 0 bridgehead atoms. The van der Waals surface area contributed by atoms with Gasteiger partial charge in [-0.15, -0.1) is 5.10 Å². The van der Waals surface area contributed by atoms with Gasteiger partial charge in [0.2, 0.25) is 4.74 Å². The minimum Gasteiger partial charge on any atom is -0.274 e. The average molecular weight is 193 g/mol. The van der Waals surface area contributed by atoms with Gasteiger partial charge < -0.3 is 0 Å². The monoisotopic (exact) mass is 192 g/mol. The molecule has 1 aliphatic heterocycles. The number of hydrogen-bond donors (Lipinski definition) is 1. The highest BCUT2D eigenvalue weighted by molar-refractivity contribution is 9.18. The summed E-state index contributed by atoms with van der Waals surface area (Å²) < 4.78 is 0.698. The molecule has 1 rings (SSSR count). The van der Waals surface area contributed by atoms with E-state index in [9.17, 15) is 0 Å². The predicted molar refractivity (Wildman–Crippen MR) is 39.6 cm³/mol. The van der Waals surface area contributed by atoms with Crippen LogP contribution in [0, 0.1) is 0 Å². The van der Waals surface area contributed by atoms with Crippen LogP contribution in [0.3, 0.4) is 0 Å². The second-order valence-electron chi connectivity index (χ2n) is 1.80.